The fourth-order valence-electron chi connectivity index (χ4n) is 2.30. The summed E-state index contributed by atoms with van der Waals surface area (Å²) in [6.45, 7) is 2.66. The highest BCUT2D eigenvalue weighted by atomic mass is 16.6. The van der Waals surface area contributed by atoms with Crippen molar-refractivity contribution < 1.29 is 19.2 Å². The van der Waals surface area contributed by atoms with Crippen molar-refractivity contribution >= 4 is 17.3 Å². The lowest BCUT2D eigenvalue weighted by molar-refractivity contribution is -0.386. The molecule has 0 aliphatic rings. The topological polar surface area (TPSA) is 126 Å². The number of nitrogens with one attached hydrogen (secondary N) is 1. The molecule has 0 unspecified atom stereocenters. The molecular weight excluding hydrogens is 368 g/mol. The van der Waals surface area contributed by atoms with Gasteiger partial charge in [-0.3, -0.25) is 14.9 Å². The summed E-state index contributed by atoms with van der Waals surface area (Å²) in [5.41, 5.74) is 0.538. The van der Waals surface area contributed by atoms with E-state index in [4.69, 9.17) is 9.47 Å². The van der Waals surface area contributed by atoms with Crippen molar-refractivity contribution in [2.75, 3.05) is 11.9 Å². The minimum Gasteiger partial charge on any atom is -0.464 e. The van der Waals surface area contributed by atoms with Gasteiger partial charge in [-0.1, -0.05) is 12.1 Å². The molecule has 0 bridgehead atoms. The molecule has 11 nitrogen and oxygen atoms in total. The first-order valence-electron chi connectivity index (χ1n) is 8.38. The minimum absolute atomic E-state index is 0.0789. The zero-order chi connectivity index (χ0) is 19.9. The SMILES string of the molecule is CCOCn1cc(NC(=O)c2ccn(COc3ccccc3[N+](=O)[O-])n2)cn1. The van der Waals surface area contributed by atoms with Gasteiger partial charge in [-0.2, -0.15) is 10.2 Å². The first-order chi connectivity index (χ1) is 13.6. The highest BCUT2D eigenvalue weighted by Gasteiger charge is 2.15. The molecule has 0 saturated carbocycles. The molecule has 0 fully saturated rings. The number of para-hydroxylation sites is 2. The van der Waals surface area contributed by atoms with E-state index in [1.54, 1.807) is 29.2 Å². The summed E-state index contributed by atoms with van der Waals surface area (Å²) in [4.78, 5) is 22.8. The Labute approximate surface area is 159 Å². The molecule has 3 rings (SSSR count). The number of carbonyl (C=O) groups excluding carboxylic acids is 1. The smallest absolute Gasteiger partial charge is 0.311 e. The molecule has 0 aliphatic heterocycles. The number of hydrogen-bond acceptors (Lipinski definition) is 7. The summed E-state index contributed by atoms with van der Waals surface area (Å²) in [6.07, 6.45) is 4.69. The molecule has 3 aromatic rings. The molecule has 1 amide bonds. The van der Waals surface area contributed by atoms with E-state index in [-0.39, 0.29) is 23.9 Å². The Balaban J connectivity index is 1.58. The van der Waals surface area contributed by atoms with E-state index in [9.17, 15) is 14.9 Å². The summed E-state index contributed by atoms with van der Waals surface area (Å²) in [6, 6.07) is 7.55. The Kier molecular flexibility index (Phi) is 5.97. The number of rotatable bonds is 9. The minimum atomic E-state index is -0.525. The second-order valence-corrected chi connectivity index (χ2v) is 5.58. The van der Waals surface area contributed by atoms with Crippen molar-refractivity contribution in [3.05, 3.63) is 64.7 Å². The normalized spacial score (nSPS) is 10.6. The molecule has 1 aromatic carbocycles. The van der Waals surface area contributed by atoms with Crippen molar-refractivity contribution in [2.24, 2.45) is 0 Å². The van der Waals surface area contributed by atoms with Crippen molar-refractivity contribution in [2.45, 2.75) is 20.4 Å². The third kappa shape index (κ3) is 4.71. The van der Waals surface area contributed by atoms with Gasteiger partial charge in [0, 0.05) is 18.9 Å². The van der Waals surface area contributed by atoms with Crippen molar-refractivity contribution in [3.8, 4) is 5.75 Å². The van der Waals surface area contributed by atoms with Crippen LogP contribution in [0.2, 0.25) is 0 Å². The molecule has 0 spiro atoms. The monoisotopic (exact) mass is 386 g/mol. The van der Waals surface area contributed by atoms with Crippen LogP contribution in [0.15, 0.2) is 48.9 Å². The fraction of sp³-hybridized carbons (Fsp3) is 0.235. The molecule has 11 heteroatoms. The van der Waals surface area contributed by atoms with Crippen molar-refractivity contribution in [1.29, 1.82) is 0 Å². The third-order valence-corrected chi connectivity index (χ3v) is 3.61. The molecule has 2 aromatic heterocycles. The molecular formula is C17H18N6O5. The van der Waals surface area contributed by atoms with E-state index in [1.165, 1.54) is 29.1 Å². The van der Waals surface area contributed by atoms with Gasteiger partial charge in [0.25, 0.3) is 5.91 Å². The molecule has 0 atom stereocenters. The standard InChI is InChI=1S/C17H18N6O5/c1-2-27-11-22-10-13(9-18-22)19-17(24)14-7-8-21(20-14)12-28-16-6-4-3-5-15(16)23(25)26/h3-10H,2,11-12H2,1H3,(H,19,24). The van der Waals surface area contributed by atoms with Crippen molar-refractivity contribution in [3.63, 3.8) is 0 Å². The number of ether oxygens (including phenoxy) is 2. The van der Waals surface area contributed by atoms with Gasteiger partial charge in [-0.05, 0) is 19.1 Å². The van der Waals surface area contributed by atoms with E-state index >= 15 is 0 Å². The van der Waals surface area contributed by atoms with Crippen LogP contribution in [0.3, 0.4) is 0 Å². The fourth-order valence-corrected chi connectivity index (χ4v) is 2.30. The first-order valence-corrected chi connectivity index (χ1v) is 8.38. The van der Waals surface area contributed by atoms with E-state index in [0.29, 0.717) is 19.0 Å². The van der Waals surface area contributed by atoms with Crippen LogP contribution in [0.5, 0.6) is 5.75 Å². The average Bonchev–Trinajstić information content (AvgIpc) is 3.34. The van der Waals surface area contributed by atoms with Crippen LogP contribution >= 0.6 is 0 Å². The molecule has 1 N–H and O–H groups in total. The lowest BCUT2D eigenvalue weighted by atomic mass is 10.3. The number of amides is 1. The van der Waals surface area contributed by atoms with Gasteiger partial charge >= 0.3 is 5.69 Å². The summed E-state index contributed by atoms with van der Waals surface area (Å²) in [5, 5.41) is 21.9. The Morgan fingerprint density at radius 3 is 2.86 bits per heavy atom. The number of hydrogen-bond donors (Lipinski definition) is 1. The van der Waals surface area contributed by atoms with Crippen molar-refractivity contribution in [1.82, 2.24) is 19.6 Å². The number of nitro groups is 1. The van der Waals surface area contributed by atoms with Gasteiger partial charge in [0.1, 0.15) is 6.73 Å². The predicted octanol–water partition coefficient (Wildman–Crippen LogP) is 2.27. The second kappa shape index (κ2) is 8.77. The zero-order valence-corrected chi connectivity index (χ0v) is 15.0. The Morgan fingerprint density at radius 2 is 2.07 bits per heavy atom. The number of carbonyl (C=O) groups is 1. The number of aromatic nitrogens is 4. The van der Waals surface area contributed by atoms with Gasteiger partial charge in [-0.25, -0.2) is 9.36 Å². The molecule has 0 aliphatic carbocycles. The summed E-state index contributed by atoms with van der Waals surface area (Å²) < 4.78 is 13.6. The Morgan fingerprint density at radius 1 is 1.25 bits per heavy atom. The van der Waals surface area contributed by atoms with E-state index < -0.39 is 10.8 Å². The summed E-state index contributed by atoms with van der Waals surface area (Å²) in [5.74, 6) is -0.295. The van der Waals surface area contributed by atoms with Crippen LogP contribution in [0.25, 0.3) is 0 Å². The van der Waals surface area contributed by atoms with Crippen LogP contribution in [0, 0.1) is 10.1 Å². The highest BCUT2D eigenvalue weighted by Crippen LogP contribution is 2.25. The van der Waals surface area contributed by atoms with Gasteiger partial charge in [0.05, 0.1) is 23.0 Å². The Hall–Kier alpha value is -3.73. The van der Waals surface area contributed by atoms with E-state index in [0.717, 1.165) is 0 Å². The highest BCUT2D eigenvalue weighted by molar-refractivity contribution is 6.02. The van der Waals surface area contributed by atoms with Gasteiger partial charge in [-0.15, -0.1) is 0 Å². The Bertz CT molecular complexity index is 966. The molecule has 0 saturated heterocycles. The largest absolute Gasteiger partial charge is 0.464 e. The van der Waals surface area contributed by atoms with E-state index in [2.05, 4.69) is 15.5 Å². The van der Waals surface area contributed by atoms with Crippen LogP contribution in [-0.2, 0) is 18.2 Å². The van der Waals surface area contributed by atoms with E-state index in [1.807, 2.05) is 6.92 Å². The lowest BCUT2D eigenvalue weighted by Crippen LogP contribution is -2.14. The van der Waals surface area contributed by atoms with Gasteiger partial charge < -0.3 is 14.8 Å². The zero-order valence-electron chi connectivity index (χ0n) is 15.0. The third-order valence-electron chi connectivity index (χ3n) is 3.61. The van der Waals surface area contributed by atoms with Crippen LogP contribution in [-0.4, -0.2) is 37.0 Å². The number of nitrogens with zero attached hydrogens (tertiary/aromatic N) is 5. The molecule has 28 heavy (non-hydrogen) atoms. The molecule has 146 valence electrons. The maximum Gasteiger partial charge on any atom is 0.311 e. The predicted molar refractivity (Wildman–Crippen MR) is 97.8 cm³/mol. The number of benzene rings is 1. The van der Waals surface area contributed by atoms with Crippen LogP contribution in [0.4, 0.5) is 11.4 Å². The van der Waals surface area contributed by atoms with Gasteiger partial charge in [0.2, 0.25) is 0 Å². The molecule has 2 heterocycles. The first kappa shape index (κ1) is 19.0. The summed E-state index contributed by atoms with van der Waals surface area (Å²) >= 11 is 0. The maximum absolute atomic E-state index is 12.3. The number of nitro benzene ring substituents is 1. The average molecular weight is 386 g/mol. The van der Waals surface area contributed by atoms with Crippen LogP contribution in [0.1, 0.15) is 17.4 Å². The lowest BCUT2D eigenvalue weighted by Gasteiger charge is -2.06. The second-order valence-electron chi connectivity index (χ2n) is 5.58. The maximum atomic E-state index is 12.3. The molecule has 0 radical (unpaired) electrons. The number of anilines is 1. The summed E-state index contributed by atoms with van der Waals surface area (Å²) in [7, 11) is 0. The van der Waals surface area contributed by atoms with Gasteiger partial charge in [0.15, 0.2) is 18.2 Å². The quantitative estimate of drug-likeness (QED) is 0.441. The van der Waals surface area contributed by atoms with Crippen LogP contribution < -0.4 is 10.1 Å².